The van der Waals surface area contributed by atoms with Gasteiger partial charge in [-0.05, 0) is 43.2 Å². The van der Waals surface area contributed by atoms with Crippen LogP contribution < -0.4 is 5.32 Å². The minimum Gasteiger partial charge on any atom is -0.337 e. The summed E-state index contributed by atoms with van der Waals surface area (Å²) in [7, 11) is 1.58. The van der Waals surface area contributed by atoms with Crippen molar-refractivity contribution >= 4 is 23.3 Å². The third kappa shape index (κ3) is 4.74. The van der Waals surface area contributed by atoms with Crippen molar-refractivity contribution in [3.63, 3.8) is 0 Å². The highest BCUT2D eigenvalue weighted by atomic mass is 16.2. The van der Waals surface area contributed by atoms with Gasteiger partial charge in [-0.3, -0.25) is 19.4 Å². The fourth-order valence-electron chi connectivity index (χ4n) is 2.12. The van der Waals surface area contributed by atoms with Crippen LogP contribution in [0.4, 0.5) is 5.69 Å². The minimum absolute atomic E-state index is 0.105. The number of aromatic nitrogens is 1. The minimum atomic E-state index is -0.729. The quantitative estimate of drug-likeness (QED) is 0.673. The monoisotopic (exact) mass is 325 g/mol. The number of amides is 2. The van der Waals surface area contributed by atoms with Crippen LogP contribution in [0.2, 0.25) is 0 Å². The molecule has 1 aromatic carbocycles. The average molecular weight is 325 g/mol. The van der Waals surface area contributed by atoms with Gasteiger partial charge in [0.1, 0.15) is 0 Å². The molecule has 0 aliphatic heterocycles. The molecule has 6 nitrogen and oxygen atoms in total. The van der Waals surface area contributed by atoms with E-state index < -0.39 is 11.8 Å². The maximum absolute atomic E-state index is 12.1. The van der Waals surface area contributed by atoms with Gasteiger partial charge in [-0.25, -0.2) is 0 Å². The van der Waals surface area contributed by atoms with Gasteiger partial charge in [0.15, 0.2) is 5.78 Å². The highest BCUT2D eigenvalue weighted by molar-refractivity contribution is 6.39. The summed E-state index contributed by atoms with van der Waals surface area (Å²) in [6, 6.07) is 10.2. The molecule has 0 radical (unpaired) electrons. The Labute approximate surface area is 140 Å². The fourth-order valence-corrected chi connectivity index (χ4v) is 2.12. The van der Waals surface area contributed by atoms with E-state index in [1.165, 1.54) is 11.8 Å². The molecule has 0 spiro atoms. The number of nitrogens with zero attached hydrogens (tertiary/aromatic N) is 2. The van der Waals surface area contributed by atoms with Gasteiger partial charge in [0.25, 0.3) is 0 Å². The number of carbonyl (C=O) groups excluding carboxylic acids is 3. The summed E-state index contributed by atoms with van der Waals surface area (Å²) >= 11 is 0. The van der Waals surface area contributed by atoms with Crippen molar-refractivity contribution in [3.05, 3.63) is 59.9 Å². The number of pyridine rings is 1. The van der Waals surface area contributed by atoms with Gasteiger partial charge in [-0.15, -0.1) is 0 Å². The van der Waals surface area contributed by atoms with Gasteiger partial charge < -0.3 is 10.2 Å². The molecule has 0 aliphatic rings. The summed E-state index contributed by atoms with van der Waals surface area (Å²) in [6.45, 7) is 1.86. The molecule has 1 aromatic heterocycles. The highest BCUT2D eigenvalue weighted by Crippen LogP contribution is 2.11. The Kier molecular flexibility index (Phi) is 5.78. The molecule has 1 N–H and O–H groups in total. The first-order valence-corrected chi connectivity index (χ1v) is 7.53. The lowest BCUT2D eigenvalue weighted by atomic mass is 10.1. The summed E-state index contributed by atoms with van der Waals surface area (Å²) < 4.78 is 0. The zero-order valence-electron chi connectivity index (χ0n) is 13.7. The third-order valence-electron chi connectivity index (χ3n) is 3.55. The van der Waals surface area contributed by atoms with Crippen molar-refractivity contribution in [1.29, 1.82) is 0 Å². The Bertz CT molecular complexity index is 744. The van der Waals surface area contributed by atoms with E-state index in [-0.39, 0.29) is 5.78 Å². The van der Waals surface area contributed by atoms with Gasteiger partial charge in [0, 0.05) is 37.2 Å². The van der Waals surface area contributed by atoms with Crippen LogP contribution in [0.1, 0.15) is 22.8 Å². The van der Waals surface area contributed by atoms with Crippen molar-refractivity contribution in [2.75, 3.05) is 18.9 Å². The molecular weight excluding hydrogens is 306 g/mol. The van der Waals surface area contributed by atoms with Crippen LogP contribution in [-0.4, -0.2) is 41.1 Å². The van der Waals surface area contributed by atoms with Crippen LogP contribution in [0.3, 0.4) is 0 Å². The Hall–Kier alpha value is -3.02. The van der Waals surface area contributed by atoms with Crippen molar-refractivity contribution in [3.8, 4) is 0 Å². The number of nitrogens with one attached hydrogen (secondary N) is 1. The van der Waals surface area contributed by atoms with Crippen LogP contribution in [0, 0.1) is 0 Å². The molecule has 0 aliphatic carbocycles. The number of hydrogen-bond acceptors (Lipinski definition) is 4. The summed E-state index contributed by atoms with van der Waals surface area (Å²) in [5.41, 5.74) is 1.94. The second-order valence-electron chi connectivity index (χ2n) is 5.42. The molecular formula is C18H19N3O3. The summed E-state index contributed by atoms with van der Waals surface area (Å²) in [6.07, 6.45) is 4.01. The Balaban J connectivity index is 1.92. The molecule has 1 heterocycles. The van der Waals surface area contributed by atoms with E-state index in [2.05, 4.69) is 10.3 Å². The zero-order chi connectivity index (χ0) is 17.5. The predicted octanol–water partition coefficient (Wildman–Crippen LogP) is 1.92. The van der Waals surface area contributed by atoms with Crippen LogP contribution in [-0.2, 0) is 16.0 Å². The van der Waals surface area contributed by atoms with Crippen molar-refractivity contribution < 1.29 is 14.4 Å². The van der Waals surface area contributed by atoms with E-state index >= 15 is 0 Å². The number of benzene rings is 1. The van der Waals surface area contributed by atoms with Crippen LogP contribution in [0.25, 0.3) is 0 Å². The van der Waals surface area contributed by atoms with Crippen molar-refractivity contribution in [2.24, 2.45) is 0 Å². The van der Waals surface area contributed by atoms with Crippen LogP contribution in [0.5, 0.6) is 0 Å². The Morgan fingerprint density at radius 1 is 1.12 bits per heavy atom. The molecule has 0 saturated heterocycles. The van der Waals surface area contributed by atoms with E-state index in [4.69, 9.17) is 0 Å². The van der Waals surface area contributed by atoms with Gasteiger partial charge in [0.2, 0.25) is 0 Å². The maximum Gasteiger partial charge on any atom is 0.313 e. The normalized spacial score (nSPS) is 10.1. The number of Topliss-reactive ketones (excluding diaryl/α,β-unsaturated/α-hetero) is 1. The lowest BCUT2D eigenvalue weighted by molar-refractivity contribution is -0.142. The number of hydrogen-bond donors (Lipinski definition) is 1. The first-order valence-electron chi connectivity index (χ1n) is 7.53. The van der Waals surface area contributed by atoms with E-state index in [0.29, 0.717) is 24.2 Å². The topological polar surface area (TPSA) is 79.4 Å². The molecule has 124 valence electrons. The summed E-state index contributed by atoms with van der Waals surface area (Å²) in [5.74, 6) is -1.46. The second kappa shape index (κ2) is 8.01. The average Bonchev–Trinajstić information content (AvgIpc) is 2.60. The Morgan fingerprint density at radius 2 is 1.83 bits per heavy atom. The molecule has 2 aromatic rings. The van der Waals surface area contributed by atoms with Crippen LogP contribution >= 0.6 is 0 Å². The molecule has 24 heavy (non-hydrogen) atoms. The molecule has 0 bridgehead atoms. The molecule has 0 unspecified atom stereocenters. The Morgan fingerprint density at radius 3 is 2.50 bits per heavy atom. The third-order valence-corrected chi connectivity index (χ3v) is 3.55. The van der Waals surface area contributed by atoms with Gasteiger partial charge >= 0.3 is 11.8 Å². The molecule has 0 atom stereocenters. The standard InChI is InChI=1S/C18H19N3O3/c1-13(22)15-4-3-5-16(12-15)20-17(23)18(24)21(2)11-8-14-6-9-19-10-7-14/h3-7,9-10,12H,8,11H2,1-2H3,(H,20,23). The van der Waals surface area contributed by atoms with Crippen molar-refractivity contribution in [2.45, 2.75) is 13.3 Å². The lowest BCUT2D eigenvalue weighted by Crippen LogP contribution is -2.38. The summed E-state index contributed by atoms with van der Waals surface area (Å²) in [4.78, 5) is 40.8. The molecule has 2 rings (SSSR count). The molecule has 0 fully saturated rings. The molecule has 6 heteroatoms. The number of rotatable bonds is 5. The fraction of sp³-hybridized carbons (Fsp3) is 0.222. The van der Waals surface area contributed by atoms with Gasteiger partial charge in [-0.1, -0.05) is 12.1 Å². The highest BCUT2D eigenvalue weighted by Gasteiger charge is 2.18. The number of carbonyl (C=O) groups is 3. The number of likely N-dealkylation sites (N-methyl/N-ethyl adjacent to an activating group) is 1. The number of anilines is 1. The predicted molar refractivity (Wildman–Crippen MR) is 90.7 cm³/mol. The summed E-state index contributed by atoms with van der Waals surface area (Å²) in [5, 5.41) is 2.52. The van der Waals surface area contributed by atoms with E-state index in [1.54, 1.807) is 43.7 Å². The largest absolute Gasteiger partial charge is 0.337 e. The first kappa shape index (κ1) is 17.3. The van der Waals surface area contributed by atoms with E-state index in [0.717, 1.165) is 5.56 Å². The maximum atomic E-state index is 12.1. The SMILES string of the molecule is CC(=O)c1cccc(NC(=O)C(=O)N(C)CCc2ccncc2)c1. The number of ketones is 1. The zero-order valence-corrected chi connectivity index (χ0v) is 13.7. The van der Waals surface area contributed by atoms with Gasteiger partial charge in [0.05, 0.1) is 0 Å². The van der Waals surface area contributed by atoms with Crippen LogP contribution in [0.15, 0.2) is 48.8 Å². The first-order chi connectivity index (χ1) is 11.5. The smallest absolute Gasteiger partial charge is 0.313 e. The van der Waals surface area contributed by atoms with Gasteiger partial charge in [-0.2, -0.15) is 0 Å². The molecule has 2 amide bonds. The van der Waals surface area contributed by atoms with E-state index in [9.17, 15) is 14.4 Å². The second-order valence-corrected chi connectivity index (χ2v) is 5.42. The molecule has 0 saturated carbocycles. The van der Waals surface area contributed by atoms with Crippen molar-refractivity contribution in [1.82, 2.24) is 9.88 Å². The van der Waals surface area contributed by atoms with E-state index in [1.807, 2.05) is 12.1 Å². The lowest BCUT2D eigenvalue weighted by Gasteiger charge is -2.16.